The van der Waals surface area contributed by atoms with Crippen LogP contribution in [0.5, 0.6) is 5.75 Å². The van der Waals surface area contributed by atoms with Crippen LogP contribution in [0.3, 0.4) is 0 Å². The number of carbonyl (C=O) groups is 1. The highest BCUT2D eigenvalue weighted by Gasteiger charge is 2.07. The van der Waals surface area contributed by atoms with Crippen molar-refractivity contribution >= 4 is 23.2 Å². The first-order chi connectivity index (χ1) is 10.7. The van der Waals surface area contributed by atoms with Crippen LogP contribution in [0.25, 0.3) is 0 Å². The van der Waals surface area contributed by atoms with Crippen molar-refractivity contribution < 1.29 is 9.53 Å². The number of ether oxygens (including phenoxy) is 1. The van der Waals surface area contributed by atoms with Gasteiger partial charge < -0.3 is 10.1 Å². The molecule has 1 aromatic carbocycles. The van der Waals surface area contributed by atoms with Crippen LogP contribution in [0, 0.1) is 0 Å². The van der Waals surface area contributed by atoms with Gasteiger partial charge in [-0.05, 0) is 42.9 Å². The quantitative estimate of drug-likeness (QED) is 0.416. The highest BCUT2D eigenvalue weighted by molar-refractivity contribution is 7.80. The predicted molar refractivity (Wildman–Crippen MR) is 94.3 cm³/mol. The van der Waals surface area contributed by atoms with E-state index in [0.717, 1.165) is 12.2 Å². The summed E-state index contributed by atoms with van der Waals surface area (Å²) in [4.78, 5) is 12.0. The van der Waals surface area contributed by atoms with Gasteiger partial charge in [-0.15, -0.1) is 6.58 Å². The van der Waals surface area contributed by atoms with E-state index in [2.05, 4.69) is 24.1 Å². The Balaban J connectivity index is 2.38. The number of nitrogens with one attached hydrogen (secondary N) is 2. The SMILES string of the molecule is C=CCNC(=S)NC(=O)c1ccc(OCCCCCC)cc1. The molecule has 0 unspecified atom stereocenters. The van der Waals surface area contributed by atoms with Gasteiger partial charge in [0.1, 0.15) is 5.75 Å². The first kappa shape index (κ1) is 18.2. The summed E-state index contributed by atoms with van der Waals surface area (Å²) in [6, 6.07) is 7.06. The number of carbonyl (C=O) groups excluding carboxylic acids is 1. The summed E-state index contributed by atoms with van der Waals surface area (Å²) < 4.78 is 5.64. The van der Waals surface area contributed by atoms with Crippen molar-refractivity contribution in [3.05, 3.63) is 42.5 Å². The molecule has 0 bridgehead atoms. The van der Waals surface area contributed by atoms with Crippen molar-refractivity contribution in [2.75, 3.05) is 13.2 Å². The normalized spacial score (nSPS) is 9.86. The second kappa shape index (κ2) is 10.8. The molecule has 0 saturated carbocycles. The highest BCUT2D eigenvalue weighted by atomic mass is 32.1. The van der Waals surface area contributed by atoms with E-state index in [-0.39, 0.29) is 5.91 Å². The Morgan fingerprint density at radius 3 is 2.64 bits per heavy atom. The Morgan fingerprint density at radius 1 is 1.27 bits per heavy atom. The van der Waals surface area contributed by atoms with Gasteiger partial charge in [0.2, 0.25) is 0 Å². The summed E-state index contributed by atoms with van der Waals surface area (Å²) in [7, 11) is 0. The van der Waals surface area contributed by atoms with Gasteiger partial charge in [0.15, 0.2) is 5.11 Å². The minimum Gasteiger partial charge on any atom is -0.494 e. The molecule has 0 fully saturated rings. The van der Waals surface area contributed by atoms with Gasteiger partial charge in [-0.1, -0.05) is 32.3 Å². The van der Waals surface area contributed by atoms with Gasteiger partial charge >= 0.3 is 0 Å². The molecule has 2 N–H and O–H groups in total. The van der Waals surface area contributed by atoms with Crippen molar-refractivity contribution in [2.24, 2.45) is 0 Å². The molecule has 0 saturated heterocycles. The van der Waals surface area contributed by atoms with Crippen molar-refractivity contribution in [2.45, 2.75) is 32.6 Å². The van der Waals surface area contributed by atoms with Gasteiger partial charge in [-0.25, -0.2) is 0 Å². The minimum absolute atomic E-state index is 0.240. The Bertz CT molecular complexity index is 486. The fourth-order valence-electron chi connectivity index (χ4n) is 1.81. The Morgan fingerprint density at radius 2 is 2.00 bits per heavy atom. The number of hydrogen-bond acceptors (Lipinski definition) is 3. The number of rotatable bonds is 9. The van der Waals surface area contributed by atoms with E-state index in [1.807, 2.05) is 0 Å². The van der Waals surface area contributed by atoms with E-state index in [4.69, 9.17) is 17.0 Å². The van der Waals surface area contributed by atoms with Crippen LogP contribution in [0.15, 0.2) is 36.9 Å². The van der Waals surface area contributed by atoms with Crippen molar-refractivity contribution in [1.82, 2.24) is 10.6 Å². The average Bonchev–Trinajstić information content (AvgIpc) is 2.53. The van der Waals surface area contributed by atoms with E-state index in [1.54, 1.807) is 30.3 Å². The Hall–Kier alpha value is -1.88. The van der Waals surface area contributed by atoms with Gasteiger partial charge in [-0.3, -0.25) is 10.1 Å². The minimum atomic E-state index is -0.240. The lowest BCUT2D eigenvalue weighted by Gasteiger charge is -2.09. The molecular weight excluding hydrogens is 296 g/mol. The van der Waals surface area contributed by atoms with Crippen LogP contribution < -0.4 is 15.4 Å². The number of benzene rings is 1. The van der Waals surface area contributed by atoms with Crippen molar-refractivity contribution in [1.29, 1.82) is 0 Å². The third-order valence-electron chi connectivity index (χ3n) is 3.02. The van der Waals surface area contributed by atoms with Gasteiger partial charge in [-0.2, -0.15) is 0 Å². The topological polar surface area (TPSA) is 50.4 Å². The first-order valence-corrected chi connectivity index (χ1v) is 8.01. The monoisotopic (exact) mass is 320 g/mol. The number of unbranched alkanes of at least 4 members (excludes halogenated alkanes) is 3. The van der Waals surface area contributed by atoms with Crippen LogP contribution in [0.4, 0.5) is 0 Å². The van der Waals surface area contributed by atoms with E-state index in [1.165, 1.54) is 19.3 Å². The average molecular weight is 320 g/mol. The van der Waals surface area contributed by atoms with Gasteiger partial charge in [0, 0.05) is 12.1 Å². The van der Waals surface area contributed by atoms with E-state index in [9.17, 15) is 4.79 Å². The zero-order chi connectivity index (χ0) is 16.2. The molecule has 0 spiro atoms. The fourth-order valence-corrected chi connectivity index (χ4v) is 1.98. The summed E-state index contributed by atoms with van der Waals surface area (Å²) in [6.45, 7) is 6.98. The summed E-state index contributed by atoms with van der Waals surface area (Å²) >= 11 is 5.00. The second-order valence-corrected chi connectivity index (χ2v) is 5.29. The molecule has 4 nitrogen and oxygen atoms in total. The van der Waals surface area contributed by atoms with E-state index >= 15 is 0 Å². The standard InChI is InChI=1S/C17H24N2O2S/c1-3-5-6-7-13-21-15-10-8-14(9-11-15)16(20)19-17(22)18-12-4-2/h4,8-11H,2-3,5-7,12-13H2,1H3,(H2,18,19,20,22). The van der Waals surface area contributed by atoms with E-state index < -0.39 is 0 Å². The van der Waals surface area contributed by atoms with Crippen LogP contribution in [0.2, 0.25) is 0 Å². The second-order valence-electron chi connectivity index (χ2n) is 4.89. The maximum absolute atomic E-state index is 12.0. The molecule has 0 aliphatic carbocycles. The summed E-state index contributed by atoms with van der Waals surface area (Å²) in [5.74, 6) is 0.538. The molecule has 0 radical (unpaired) electrons. The van der Waals surface area contributed by atoms with Crippen molar-refractivity contribution in [3.63, 3.8) is 0 Å². The smallest absolute Gasteiger partial charge is 0.257 e. The van der Waals surface area contributed by atoms with Crippen molar-refractivity contribution in [3.8, 4) is 5.75 Å². The van der Waals surface area contributed by atoms with E-state index in [0.29, 0.717) is 23.8 Å². The lowest BCUT2D eigenvalue weighted by Crippen LogP contribution is -2.39. The molecule has 0 aliphatic heterocycles. The Labute approximate surface area is 137 Å². The van der Waals surface area contributed by atoms with Gasteiger partial charge in [0.05, 0.1) is 6.61 Å². The molecule has 0 aliphatic rings. The maximum atomic E-state index is 12.0. The summed E-state index contributed by atoms with van der Waals surface area (Å²) in [6.07, 6.45) is 6.37. The molecular formula is C17H24N2O2S. The Kier molecular flexibility index (Phi) is 8.91. The zero-order valence-electron chi connectivity index (χ0n) is 13.1. The fraction of sp³-hybridized carbons (Fsp3) is 0.412. The van der Waals surface area contributed by atoms with Crippen LogP contribution in [-0.2, 0) is 0 Å². The molecule has 1 aromatic rings. The third-order valence-corrected chi connectivity index (χ3v) is 3.26. The molecule has 5 heteroatoms. The third kappa shape index (κ3) is 7.22. The summed E-state index contributed by atoms with van der Waals surface area (Å²) in [5.41, 5.74) is 0.543. The number of hydrogen-bond donors (Lipinski definition) is 2. The lowest BCUT2D eigenvalue weighted by molar-refractivity contribution is 0.0976. The maximum Gasteiger partial charge on any atom is 0.257 e. The molecule has 0 aromatic heterocycles. The number of thiocarbonyl (C=S) groups is 1. The molecule has 22 heavy (non-hydrogen) atoms. The molecule has 1 rings (SSSR count). The molecule has 0 atom stereocenters. The highest BCUT2D eigenvalue weighted by Crippen LogP contribution is 2.13. The van der Waals surface area contributed by atoms with Crippen LogP contribution in [0.1, 0.15) is 43.0 Å². The van der Waals surface area contributed by atoms with Gasteiger partial charge in [0.25, 0.3) is 5.91 Å². The lowest BCUT2D eigenvalue weighted by atomic mass is 10.2. The first-order valence-electron chi connectivity index (χ1n) is 7.60. The van der Waals surface area contributed by atoms with Crippen LogP contribution >= 0.6 is 12.2 Å². The molecule has 1 amide bonds. The van der Waals surface area contributed by atoms with Crippen LogP contribution in [-0.4, -0.2) is 24.2 Å². The predicted octanol–water partition coefficient (Wildman–Crippen LogP) is 3.44. The zero-order valence-corrected chi connectivity index (χ0v) is 13.9. The number of amides is 1. The largest absolute Gasteiger partial charge is 0.494 e. The molecule has 0 heterocycles. The summed E-state index contributed by atoms with van der Waals surface area (Å²) in [5, 5.41) is 5.75. The molecule has 120 valence electrons.